The van der Waals surface area contributed by atoms with E-state index in [9.17, 15) is 13.2 Å². The van der Waals surface area contributed by atoms with Crippen LogP contribution in [0.15, 0.2) is 24.3 Å². The van der Waals surface area contributed by atoms with E-state index in [-0.39, 0.29) is 17.2 Å². The summed E-state index contributed by atoms with van der Waals surface area (Å²) in [6, 6.07) is 5.54. The van der Waals surface area contributed by atoms with Crippen molar-refractivity contribution in [3.8, 4) is 5.75 Å². The molecule has 1 aromatic carbocycles. The summed E-state index contributed by atoms with van der Waals surface area (Å²) < 4.78 is 39.9. The zero-order valence-electron chi connectivity index (χ0n) is 12.3. The van der Waals surface area contributed by atoms with Gasteiger partial charge in [-0.1, -0.05) is 20.8 Å². The average molecular weight is 320 g/mol. The average Bonchev–Trinajstić information content (AvgIpc) is 2.28. The van der Waals surface area contributed by atoms with Gasteiger partial charge in [0.2, 0.25) is 0 Å². The number of benzene rings is 1. The number of anilines is 1. The van der Waals surface area contributed by atoms with Gasteiger partial charge in [-0.25, -0.2) is 0 Å². The Morgan fingerprint density at radius 3 is 2.10 bits per heavy atom. The molecule has 0 saturated carbocycles. The van der Waals surface area contributed by atoms with Crippen LogP contribution >= 0.6 is 12.2 Å². The Hall–Kier alpha value is -1.50. The van der Waals surface area contributed by atoms with Crippen LogP contribution in [0.5, 0.6) is 5.75 Å². The summed E-state index contributed by atoms with van der Waals surface area (Å²) in [5.41, 5.74) is 0.624. The number of alkyl halides is 3. The summed E-state index contributed by atoms with van der Waals surface area (Å²) in [4.78, 5) is 0. The molecule has 0 aromatic heterocycles. The highest BCUT2D eigenvalue weighted by Gasteiger charge is 2.30. The maximum Gasteiger partial charge on any atom is 0.573 e. The monoisotopic (exact) mass is 320 g/mol. The highest BCUT2D eigenvalue weighted by atomic mass is 32.1. The van der Waals surface area contributed by atoms with E-state index < -0.39 is 6.36 Å². The Bertz CT molecular complexity index is 480. The third kappa shape index (κ3) is 6.66. The fourth-order valence-corrected chi connectivity index (χ4v) is 1.61. The van der Waals surface area contributed by atoms with Gasteiger partial charge in [-0.3, -0.25) is 0 Å². The van der Waals surface area contributed by atoms with Gasteiger partial charge >= 0.3 is 6.36 Å². The Labute approximate surface area is 127 Å². The molecule has 118 valence electrons. The number of rotatable bonds is 3. The van der Waals surface area contributed by atoms with Crippen molar-refractivity contribution in [2.45, 2.75) is 40.1 Å². The number of halogens is 3. The number of hydrogen-bond donors (Lipinski definition) is 2. The summed E-state index contributed by atoms with van der Waals surface area (Å²) in [7, 11) is 0. The van der Waals surface area contributed by atoms with Gasteiger partial charge in [-0.15, -0.1) is 13.2 Å². The van der Waals surface area contributed by atoms with Crippen LogP contribution in [0.3, 0.4) is 0 Å². The molecule has 0 bridgehead atoms. The Morgan fingerprint density at radius 2 is 1.67 bits per heavy atom. The smallest absolute Gasteiger partial charge is 0.406 e. The molecule has 0 fully saturated rings. The van der Waals surface area contributed by atoms with Gasteiger partial charge < -0.3 is 15.4 Å². The van der Waals surface area contributed by atoms with Gasteiger partial charge in [0, 0.05) is 11.7 Å². The van der Waals surface area contributed by atoms with Crippen molar-refractivity contribution in [3.05, 3.63) is 24.3 Å². The van der Waals surface area contributed by atoms with Gasteiger partial charge in [0.25, 0.3) is 0 Å². The lowest BCUT2D eigenvalue weighted by molar-refractivity contribution is -0.274. The van der Waals surface area contributed by atoms with Crippen LogP contribution in [0.25, 0.3) is 0 Å². The minimum Gasteiger partial charge on any atom is -0.406 e. The zero-order chi connectivity index (χ0) is 16.3. The van der Waals surface area contributed by atoms with E-state index in [0.717, 1.165) is 0 Å². The molecule has 0 saturated heterocycles. The van der Waals surface area contributed by atoms with Crippen molar-refractivity contribution in [2.75, 3.05) is 5.32 Å². The van der Waals surface area contributed by atoms with Crippen LogP contribution in [-0.2, 0) is 0 Å². The van der Waals surface area contributed by atoms with E-state index in [0.29, 0.717) is 10.8 Å². The second-order valence-electron chi connectivity index (χ2n) is 5.76. The van der Waals surface area contributed by atoms with Crippen LogP contribution in [0.4, 0.5) is 18.9 Å². The molecular weight excluding hydrogens is 301 g/mol. The van der Waals surface area contributed by atoms with Gasteiger partial charge in [0.15, 0.2) is 5.11 Å². The van der Waals surface area contributed by atoms with Gasteiger partial charge in [0.1, 0.15) is 5.75 Å². The minimum atomic E-state index is -4.69. The van der Waals surface area contributed by atoms with Crippen LogP contribution in [0, 0.1) is 5.41 Å². The molecule has 2 N–H and O–H groups in total. The first-order valence-corrected chi connectivity index (χ1v) is 6.81. The number of ether oxygens (including phenoxy) is 1. The molecule has 0 unspecified atom stereocenters. The van der Waals surface area contributed by atoms with Gasteiger partial charge in [0.05, 0.1) is 0 Å². The molecule has 7 heteroatoms. The predicted octanol–water partition coefficient (Wildman–Crippen LogP) is 4.31. The van der Waals surface area contributed by atoms with Crippen LogP contribution in [0.1, 0.15) is 27.7 Å². The molecule has 1 rings (SSSR count). The molecule has 0 aliphatic carbocycles. The van der Waals surface area contributed by atoms with E-state index in [4.69, 9.17) is 12.2 Å². The second-order valence-corrected chi connectivity index (χ2v) is 6.17. The largest absolute Gasteiger partial charge is 0.573 e. The lowest BCUT2D eigenvalue weighted by Gasteiger charge is -2.29. The first-order chi connectivity index (χ1) is 9.47. The van der Waals surface area contributed by atoms with Gasteiger partial charge in [-0.05, 0) is 48.8 Å². The molecule has 0 aliphatic rings. The summed E-state index contributed by atoms with van der Waals surface area (Å²) >= 11 is 5.17. The molecule has 0 amide bonds. The molecule has 3 nitrogen and oxygen atoms in total. The minimum absolute atomic E-state index is 0.0378. The lowest BCUT2D eigenvalue weighted by Crippen LogP contribution is -2.43. The van der Waals surface area contributed by atoms with Crippen molar-refractivity contribution in [3.63, 3.8) is 0 Å². The molecular formula is C14H19F3N2OS. The molecule has 1 aromatic rings. The summed E-state index contributed by atoms with van der Waals surface area (Å²) in [6.07, 6.45) is -4.69. The SMILES string of the molecule is C[C@H](NC(=S)Nc1ccc(OC(F)(F)F)cc1)C(C)(C)C. The first-order valence-electron chi connectivity index (χ1n) is 6.41. The van der Waals surface area contributed by atoms with E-state index in [1.54, 1.807) is 0 Å². The Kier molecular flexibility index (Phi) is 5.44. The second kappa shape index (κ2) is 6.51. The van der Waals surface area contributed by atoms with Crippen molar-refractivity contribution >= 4 is 23.0 Å². The fraction of sp³-hybridized carbons (Fsp3) is 0.500. The third-order valence-electron chi connectivity index (χ3n) is 2.99. The zero-order valence-corrected chi connectivity index (χ0v) is 13.2. The number of thiocarbonyl (C=S) groups is 1. The summed E-state index contributed by atoms with van der Waals surface area (Å²) in [6.45, 7) is 8.25. The topological polar surface area (TPSA) is 33.3 Å². The van der Waals surface area contributed by atoms with Crippen LogP contribution in [0.2, 0.25) is 0 Å². The summed E-state index contributed by atoms with van der Waals surface area (Å²) in [5.74, 6) is -0.269. The van der Waals surface area contributed by atoms with Crippen molar-refractivity contribution in [1.82, 2.24) is 5.32 Å². The maximum absolute atomic E-state index is 12.0. The normalized spacial score (nSPS) is 13.5. The molecule has 0 radical (unpaired) electrons. The first kappa shape index (κ1) is 17.6. The van der Waals surface area contributed by atoms with Crippen LogP contribution < -0.4 is 15.4 Å². The highest BCUT2D eigenvalue weighted by Crippen LogP contribution is 2.24. The van der Waals surface area contributed by atoms with Crippen molar-refractivity contribution in [1.29, 1.82) is 0 Å². The highest BCUT2D eigenvalue weighted by molar-refractivity contribution is 7.80. The third-order valence-corrected chi connectivity index (χ3v) is 3.21. The van der Waals surface area contributed by atoms with Crippen molar-refractivity contribution < 1.29 is 17.9 Å². The van der Waals surface area contributed by atoms with Crippen LogP contribution in [-0.4, -0.2) is 17.5 Å². The fourth-order valence-electron chi connectivity index (χ4n) is 1.32. The van der Waals surface area contributed by atoms with Gasteiger partial charge in [-0.2, -0.15) is 0 Å². The number of nitrogens with one attached hydrogen (secondary N) is 2. The Balaban J connectivity index is 2.58. The molecule has 21 heavy (non-hydrogen) atoms. The predicted molar refractivity (Wildman–Crippen MR) is 81.4 cm³/mol. The molecule has 0 heterocycles. The van der Waals surface area contributed by atoms with E-state index in [1.165, 1.54) is 24.3 Å². The van der Waals surface area contributed by atoms with Crippen molar-refractivity contribution in [2.24, 2.45) is 5.41 Å². The molecule has 1 atom stereocenters. The number of hydrogen-bond acceptors (Lipinski definition) is 2. The van der Waals surface area contributed by atoms with E-state index in [1.807, 2.05) is 6.92 Å². The maximum atomic E-state index is 12.0. The Morgan fingerprint density at radius 1 is 1.14 bits per heavy atom. The lowest BCUT2D eigenvalue weighted by atomic mass is 9.88. The quantitative estimate of drug-likeness (QED) is 0.813. The van der Waals surface area contributed by atoms with E-state index >= 15 is 0 Å². The molecule has 0 aliphatic heterocycles. The molecule has 0 spiro atoms. The van der Waals surface area contributed by atoms with E-state index in [2.05, 4.69) is 36.1 Å². The standard InChI is InChI=1S/C14H19F3N2OS/c1-9(13(2,3)4)18-12(21)19-10-5-7-11(8-6-10)20-14(15,16)17/h5-9H,1-4H3,(H2,18,19,21)/t9-/m0/s1. The summed E-state index contributed by atoms with van der Waals surface area (Å²) in [5, 5.41) is 6.47.